The van der Waals surface area contributed by atoms with Gasteiger partial charge in [0.05, 0.1) is 0 Å². The van der Waals surface area contributed by atoms with Gasteiger partial charge in [0.15, 0.2) is 0 Å². The Labute approximate surface area is 153 Å². The minimum atomic E-state index is -0.115. The maximum atomic E-state index is 12.5. The zero-order chi connectivity index (χ0) is 17.6. The number of benzene rings is 1. The first-order valence-electron chi connectivity index (χ1n) is 9.15. The molecule has 134 valence electrons. The molecule has 0 aliphatic carbocycles. The molecule has 1 aromatic heterocycles. The summed E-state index contributed by atoms with van der Waals surface area (Å²) in [4.78, 5) is 15.0. The van der Waals surface area contributed by atoms with Crippen molar-refractivity contribution in [2.75, 3.05) is 18.4 Å². The van der Waals surface area contributed by atoms with E-state index in [2.05, 4.69) is 40.3 Å². The van der Waals surface area contributed by atoms with E-state index in [0.29, 0.717) is 16.6 Å². The molecule has 0 atom stereocenters. The van der Waals surface area contributed by atoms with E-state index in [0.717, 1.165) is 37.5 Å². The Kier molecular flexibility index (Phi) is 6.15. The Balaban J connectivity index is 1.64. The molecule has 1 fully saturated rings. The number of aromatic nitrogens is 2. The molecule has 1 saturated heterocycles. The maximum Gasteiger partial charge on any atom is 0.257 e. The van der Waals surface area contributed by atoms with E-state index in [-0.39, 0.29) is 5.91 Å². The summed E-state index contributed by atoms with van der Waals surface area (Å²) in [5.74, 6) is 0.308. The fourth-order valence-electron chi connectivity index (χ4n) is 3.27. The highest BCUT2D eigenvalue weighted by Crippen LogP contribution is 2.28. The van der Waals surface area contributed by atoms with E-state index >= 15 is 0 Å². The molecule has 0 saturated carbocycles. The molecule has 1 N–H and O–H groups in total. The third-order valence-electron chi connectivity index (χ3n) is 4.79. The molecule has 2 aromatic rings. The van der Waals surface area contributed by atoms with Crippen molar-refractivity contribution < 1.29 is 4.79 Å². The van der Waals surface area contributed by atoms with Gasteiger partial charge in [-0.2, -0.15) is 0 Å². The second-order valence-corrected chi connectivity index (χ2v) is 7.61. The molecule has 5 nitrogen and oxygen atoms in total. The zero-order valence-electron chi connectivity index (χ0n) is 15.0. The van der Waals surface area contributed by atoms with Gasteiger partial charge < -0.3 is 0 Å². The van der Waals surface area contributed by atoms with Gasteiger partial charge in [-0.1, -0.05) is 37.3 Å². The Morgan fingerprint density at radius 2 is 2.00 bits per heavy atom. The van der Waals surface area contributed by atoms with E-state index < -0.39 is 0 Å². The van der Waals surface area contributed by atoms with Gasteiger partial charge in [-0.3, -0.25) is 15.0 Å². The van der Waals surface area contributed by atoms with E-state index in [1.165, 1.54) is 29.7 Å². The lowest BCUT2D eigenvalue weighted by Crippen LogP contribution is -2.19. The molecule has 0 radical (unpaired) electrons. The molecule has 2 heterocycles. The molecular formula is C19H26N4OS. The summed E-state index contributed by atoms with van der Waals surface area (Å²) < 4.78 is 0. The summed E-state index contributed by atoms with van der Waals surface area (Å²) >= 11 is 1.48. The van der Waals surface area contributed by atoms with Crippen LogP contribution in [0.25, 0.3) is 0 Å². The van der Waals surface area contributed by atoms with Crippen LogP contribution < -0.4 is 5.32 Å². The van der Waals surface area contributed by atoms with Crippen molar-refractivity contribution in [2.24, 2.45) is 0 Å². The standard InChI is InChI=1S/C19H26N4OS/c1-3-15(4-2)18-21-22-19(25-18)20-17(24)16-9-7-8-14(12-16)13-23-10-5-6-11-23/h7-9,12,15H,3-6,10-11,13H2,1-2H3,(H,20,22,24). The number of nitrogens with zero attached hydrogens (tertiary/aromatic N) is 3. The monoisotopic (exact) mass is 358 g/mol. The summed E-state index contributed by atoms with van der Waals surface area (Å²) in [6, 6.07) is 7.88. The number of likely N-dealkylation sites (tertiary alicyclic amines) is 1. The summed E-state index contributed by atoms with van der Waals surface area (Å²) in [6.07, 6.45) is 4.63. The van der Waals surface area contributed by atoms with Crippen molar-refractivity contribution in [1.82, 2.24) is 15.1 Å². The molecule has 1 aromatic carbocycles. The number of amides is 1. The van der Waals surface area contributed by atoms with Gasteiger partial charge in [-0.25, -0.2) is 0 Å². The minimum absolute atomic E-state index is 0.115. The second-order valence-electron chi connectivity index (χ2n) is 6.60. The van der Waals surface area contributed by atoms with Crippen LogP contribution in [0.1, 0.15) is 66.4 Å². The second kappa shape index (κ2) is 8.54. The van der Waals surface area contributed by atoms with Gasteiger partial charge in [-0.05, 0) is 56.5 Å². The molecule has 25 heavy (non-hydrogen) atoms. The normalized spacial score (nSPS) is 15.0. The fraction of sp³-hybridized carbons (Fsp3) is 0.526. The third-order valence-corrected chi connectivity index (χ3v) is 5.79. The predicted molar refractivity (Wildman–Crippen MR) is 102 cm³/mol. The van der Waals surface area contributed by atoms with E-state index in [1.807, 2.05) is 18.2 Å². The summed E-state index contributed by atoms with van der Waals surface area (Å²) in [5.41, 5.74) is 1.86. The van der Waals surface area contributed by atoms with Crippen molar-refractivity contribution in [3.05, 3.63) is 40.4 Å². The third kappa shape index (κ3) is 4.64. The highest BCUT2D eigenvalue weighted by molar-refractivity contribution is 7.15. The first kappa shape index (κ1) is 18.0. The summed E-state index contributed by atoms with van der Waals surface area (Å²) in [5, 5.41) is 12.8. The van der Waals surface area contributed by atoms with Gasteiger partial charge in [-0.15, -0.1) is 10.2 Å². The average Bonchev–Trinajstić information content (AvgIpc) is 3.29. The van der Waals surface area contributed by atoms with Crippen molar-refractivity contribution >= 4 is 22.4 Å². The molecule has 0 unspecified atom stereocenters. The average molecular weight is 359 g/mol. The van der Waals surface area contributed by atoms with Crippen molar-refractivity contribution in [2.45, 2.75) is 52.0 Å². The lowest BCUT2D eigenvalue weighted by Gasteiger charge is -2.14. The van der Waals surface area contributed by atoms with Crippen molar-refractivity contribution in [3.63, 3.8) is 0 Å². The van der Waals surface area contributed by atoms with Gasteiger partial charge in [0.2, 0.25) is 5.13 Å². The van der Waals surface area contributed by atoms with E-state index in [1.54, 1.807) is 0 Å². The number of carbonyl (C=O) groups is 1. The predicted octanol–water partition coefficient (Wildman–Crippen LogP) is 4.29. The lowest BCUT2D eigenvalue weighted by molar-refractivity contribution is 0.102. The molecule has 6 heteroatoms. The number of carbonyl (C=O) groups excluding carboxylic acids is 1. The van der Waals surface area contributed by atoms with Crippen LogP contribution in [0, 0.1) is 0 Å². The molecule has 3 rings (SSSR count). The van der Waals surface area contributed by atoms with Crippen LogP contribution in [0.5, 0.6) is 0 Å². The summed E-state index contributed by atoms with van der Waals surface area (Å²) in [7, 11) is 0. The molecule has 0 bridgehead atoms. The van der Waals surface area contributed by atoms with Crippen molar-refractivity contribution in [3.8, 4) is 0 Å². The Hall–Kier alpha value is -1.79. The van der Waals surface area contributed by atoms with E-state index in [9.17, 15) is 4.79 Å². The fourth-order valence-corrected chi connectivity index (χ4v) is 4.27. The van der Waals surface area contributed by atoms with Gasteiger partial charge in [0, 0.05) is 18.0 Å². The number of rotatable bonds is 7. The molecule has 1 aliphatic rings. The van der Waals surface area contributed by atoms with Gasteiger partial charge in [0.1, 0.15) is 5.01 Å². The lowest BCUT2D eigenvalue weighted by atomic mass is 10.1. The van der Waals surface area contributed by atoms with Crippen molar-refractivity contribution in [1.29, 1.82) is 0 Å². The molecule has 1 aliphatic heterocycles. The Bertz CT molecular complexity index is 705. The van der Waals surface area contributed by atoms with Gasteiger partial charge >= 0.3 is 0 Å². The highest BCUT2D eigenvalue weighted by atomic mass is 32.1. The van der Waals surface area contributed by atoms with Crippen LogP contribution in [-0.4, -0.2) is 34.1 Å². The zero-order valence-corrected chi connectivity index (χ0v) is 15.8. The van der Waals surface area contributed by atoms with Gasteiger partial charge in [0.25, 0.3) is 5.91 Å². The Morgan fingerprint density at radius 1 is 1.24 bits per heavy atom. The molecular weight excluding hydrogens is 332 g/mol. The van der Waals surface area contributed by atoms with Crippen LogP contribution in [0.4, 0.5) is 5.13 Å². The van der Waals surface area contributed by atoms with Crippen LogP contribution in [0.15, 0.2) is 24.3 Å². The first-order valence-corrected chi connectivity index (χ1v) is 9.97. The molecule has 1 amide bonds. The largest absolute Gasteiger partial charge is 0.299 e. The smallest absolute Gasteiger partial charge is 0.257 e. The minimum Gasteiger partial charge on any atom is -0.299 e. The Morgan fingerprint density at radius 3 is 2.72 bits per heavy atom. The van der Waals surface area contributed by atoms with E-state index in [4.69, 9.17) is 0 Å². The number of hydrogen-bond donors (Lipinski definition) is 1. The van der Waals surface area contributed by atoms with Crippen LogP contribution in [0.3, 0.4) is 0 Å². The number of nitrogens with one attached hydrogen (secondary N) is 1. The first-order chi connectivity index (χ1) is 12.2. The highest BCUT2D eigenvalue weighted by Gasteiger charge is 2.16. The SMILES string of the molecule is CCC(CC)c1nnc(NC(=O)c2cccc(CN3CCCC3)c2)s1. The summed E-state index contributed by atoms with van der Waals surface area (Å²) in [6.45, 7) is 7.53. The molecule has 0 spiro atoms. The van der Waals surface area contributed by atoms with Crippen LogP contribution in [0.2, 0.25) is 0 Å². The quantitative estimate of drug-likeness (QED) is 0.802. The maximum absolute atomic E-state index is 12.5. The van der Waals surface area contributed by atoms with Crippen LogP contribution >= 0.6 is 11.3 Å². The number of anilines is 1. The topological polar surface area (TPSA) is 58.1 Å². The number of hydrogen-bond acceptors (Lipinski definition) is 5. The van der Waals surface area contributed by atoms with Crippen LogP contribution in [-0.2, 0) is 6.54 Å².